The van der Waals surface area contributed by atoms with Crippen molar-refractivity contribution >= 4 is 5.91 Å². The molecule has 1 saturated carbocycles. The van der Waals surface area contributed by atoms with Gasteiger partial charge in [0, 0.05) is 5.57 Å². The molecule has 0 heterocycles. The van der Waals surface area contributed by atoms with Crippen molar-refractivity contribution in [2.75, 3.05) is 0 Å². The SMILES string of the molecule is C=C(C)C.CC.CC(C)=C(C)C(N)=O.CCC(C)CC.Cc1ccc(C2CCCC2)cc1. The summed E-state index contributed by atoms with van der Waals surface area (Å²) in [6.45, 7) is 25.8. The first-order chi connectivity index (χ1) is 15.0. The van der Waals surface area contributed by atoms with E-state index in [1.54, 1.807) is 12.5 Å². The lowest BCUT2D eigenvalue weighted by Crippen LogP contribution is -2.12. The maximum Gasteiger partial charge on any atom is 0.244 e. The fourth-order valence-electron chi connectivity index (χ4n) is 2.63. The lowest BCUT2D eigenvalue weighted by Gasteiger charge is -2.08. The minimum absolute atomic E-state index is 0.329. The maximum atomic E-state index is 10.3. The molecule has 1 fully saturated rings. The van der Waals surface area contributed by atoms with Crippen LogP contribution in [0.3, 0.4) is 0 Å². The number of benzene rings is 1. The first-order valence-corrected chi connectivity index (χ1v) is 12.6. The van der Waals surface area contributed by atoms with Crippen molar-refractivity contribution in [2.45, 2.75) is 121 Å². The molecule has 32 heavy (non-hydrogen) atoms. The van der Waals surface area contributed by atoms with Gasteiger partial charge < -0.3 is 5.73 Å². The molecule has 2 N–H and O–H groups in total. The van der Waals surface area contributed by atoms with Gasteiger partial charge in [0.1, 0.15) is 0 Å². The topological polar surface area (TPSA) is 43.1 Å². The van der Waals surface area contributed by atoms with E-state index in [1.165, 1.54) is 49.7 Å². The Labute approximate surface area is 201 Å². The number of nitrogens with two attached hydrogens (primary N) is 1. The van der Waals surface area contributed by atoms with Gasteiger partial charge in [0.25, 0.3) is 0 Å². The number of carbonyl (C=O) groups is 1. The zero-order chi connectivity index (χ0) is 25.7. The largest absolute Gasteiger partial charge is 0.366 e. The minimum Gasteiger partial charge on any atom is -0.366 e. The maximum absolute atomic E-state index is 10.3. The molecule has 2 heteroatoms. The number of amides is 1. The zero-order valence-corrected chi connectivity index (χ0v) is 23.4. The standard InChI is InChI=1S/C12H16.C6H11NO.C6H14.C4H8.C2H6/c1-10-6-8-12(9-7-10)11-4-2-3-5-11;1-4(2)5(3)6(7)8;1-4-6(3)5-2;1-4(2)3;1-2/h6-9,11H,2-5H2,1H3;1-3H3,(H2,7,8);6H,4-5H2,1-3H3;1H2,2-3H3;1-2H3. The van der Waals surface area contributed by atoms with Crippen LogP contribution < -0.4 is 5.73 Å². The molecule has 0 unspecified atom stereocenters. The lowest BCUT2D eigenvalue weighted by atomic mass is 9.97. The van der Waals surface area contributed by atoms with Crippen molar-refractivity contribution in [1.29, 1.82) is 0 Å². The second-order valence-electron chi connectivity index (χ2n) is 9.01. The van der Waals surface area contributed by atoms with Crippen LogP contribution in [0.4, 0.5) is 0 Å². The van der Waals surface area contributed by atoms with Gasteiger partial charge in [-0.15, -0.1) is 6.58 Å². The third kappa shape index (κ3) is 21.4. The van der Waals surface area contributed by atoms with Crippen molar-refractivity contribution in [2.24, 2.45) is 11.7 Å². The molecule has 0 aliphatic heterocycles. The van der Waals surface area contributed by atoms with Crippen LogP contribution in [0.25, 0.3) is 0 Å². The number of hydrogen-bond acceptors (Lipinski definition) is 1. The highest BCUT2D eigenvalue weighted by molar-refractivity contribution is 5.91. The Morgan fingerprint density at radius 1 is 0.969 bits per heavy atom. The van der Waals surface area contributed by atoms with Crippen molar-refractivity contribution < 1.29 is 4.79 Å². The van der Waals surface area contributed by atoms with E-state index in [-0.39, 0.29) is 5.91 Å². The number of allylic oxidation sites excluding steroid dienone is 2. The van der Waals surface area contributed by atoms with Crippen LogP contribution in [-0.4, -0.2) is 5.91 Å². The second-order valence-corrected chi connectivity index (χ2v) is 9.01. The van der Waals surface area contributed by atoms with Crippen LogP contribution in [0, 0.1) is 12.8 Å². The molecule has 0 spiro atoms. The first-order valence-electron chi connectivity index (χ1n) is 12.6. The van der Waals surface area contributed by atoms with E-state index in [2.05, 4.69) is 58.5 Å². The van der Waals surface area contributed by atoms with Gasteiger partial charge in [-0.2, -0.15) is 0 Å². The lowest BCUT2D eigenvalue weighted by molar-refractivity contribution is -0.114. The Bertz CT molecular complexity index is 607. The van der Waals surface area contributed by atoms with Gasteiger partial charge in [-0.3, -0.25) is 4.79 Å². The van der Waals surface area contributed by atoms with Crippen LogP contribution in [-0.2, 0) is 4.79 Å². The summed E-state index contributed by atoms with van der Waals surface area (Å²) in [7, 11) is 0. The van der Waals surface area contributed by atoms with Crippen molar-refractivity contribution in [1.82, 2.24) is 0 Å². The van der Waals surface area contributed by atoms with Gasteiger partial charge in [-0.05, 0) is 71.8 Å². The van der Waals surface area contributed by atoms with Crippen LogP contribution in [0.2, 0.25) is 0 Å². The average molecular weight is 446 g/mol. The van der Waals surface area contributed by atoms with Crippen LogP contribution in [0.15, 0.2) is 47.6 Å². The smallest absolute Gasteiger partial charge is 0.244 e. The van der Waals surface area contributed by atoms with Gasteiger partial charge in [0.05, 0.1) is 0 Å². The highest BCUT2D eigenvalue weighted by Crippen LogP contribution is 2.33. The molecule has 0 saturated heterocycles. The number of carbonyl (C=O) groups excluding carboxylic acids is 1. The van der Waals surface area contributed by atoms with E-state index in [1.807, 2.05) is 41.5 Å². The van der Waals surface area contributed by atoms with Gasteiger partial charge in [0.15, 0.2) is 0 Å². The van der Waals surface area contributed by atoms with Gasteiger partial charge in [-0.25, -0.2) is 0 Å². The predicted octanol–water partition coefficient (Wildman–Crippen LogP) is 9.53. The number of aryl methyl sites for hydroxylation is 1. The van der Waals surface area contributed by atoms with E-state index < -0.39 is 0 Å². The zero-order valence-electron chi connectivity index (χ0n) is 23.4. The summed E-state index contributed by atoms with van der Waals surface area (Å²) < 4.78 is 0. The number of primary amides is 1. The Balaban J connectivity index is -0.000000370. The highest BCUT2D eigenvalue weighted by atomic mass is 16.1. The summed E-state index contributed by atoms with van der Waals surface area (Å²) in [6.07, 6.45) is 8.33. The predicted molar refractivity (Wildman–Crippen MR) is 147 cm³/mol. The minimum atomic E-state index is -0.329. The Morgan fingerprint density at radius 2 is 1.34 bits per heavy atom. The number of hydrogen-bond donors (Lipinski definition) is 1. The second kappa shape index (κ2) is 22.4. The average Bonchev–Trinajstić information content (AvgIpc) is 3.30. The van der Waals surface area contributed by atoms with E-state index in [9.17, 15) is 4.79 Å². The van der Waals surface area contributed by atoms with Crippen molar-refractivity contribution in [3.05, 3.63) is 58.7 Å². The van der Waals surface area contributed by atoms with Gasteiger partial charge >= 0.3 is 0 Å². The molecule has 0 bridgehead atoms. The van der Waals surface area contributed by atoms with Crippen molar-refractivity contribution in [3.8, 4) is 0 Å². The molecule has 1 aromatic carbocycles. The van der Waals surface area contributed by atoms with Crippen LogP contribution in [0.5, 0.6) is 0 Å². The highest BCUT2D eigenvalue weighted by Gasteiger charge is 2.16. The summed E-state index contributed by atoms with van der Waals surface area (Å²) in [4.78, 5) is 10.3. The Morgan fingerprint density at radius 3 is 1.56 bits per heavy atom. The monoisotopic (exact) mass is 445 g/mol. The van der Waals surface area contributed by atoms with Gasteiger partial charge in [0.2, 0.25) is 5.91 Å². The Kier molecular flexibility index (Phi) is 24.3. The Hall–Kier alpha value is -1.83. The number of rotatable bonds is 4. The fraction of sp³-hybridized carbons (Fsp3) is 0.633. The van der Waals surface area contributed by atoms with E-state index >= 15 is 0 Å². The summed E-state index contributed by atoms with van der Waals surface area (Å²) in [6, 6.07) is 9.05. The summed E-state index contributed by atoms with van der Waals surface area (Å²) in [5.41, 5.74) is 10.7. The molecule has 1 aromatic rings. The molecular weight excluding hydrogens is 390 g/mol. The quantitative estimate of drug-likeness (QED) is 0.364. The molecule has 0 aromatic heterocycles. The first kappa shape index (κ1) is 34.8. The summed E-state index contributed by atoms with van der Waals surface area (Å²) in [5, 5.41) is 0. The molecule has 0 radical (unpaired) electrons. The third-order valence-electron chi connectivity index (χ3n) is 5.42. The molecule has 0 atom stereocenters. The summed E-state index contributed by atoms with van der Waals surface area (Å²) >= 11 is 0. The van der Waals surface area contributed by atoms with E-state index in [4.69, 9.17) is 5.73 Å². The van der Waals surface area contributed by atoms with Crippen LogP contribution in [0.1, 0.15) is 125 Å². The van der Waals surface area contributed by atoms with Gasteiger partial charge in [-0.1, -0.05) is 101 Å². The van der Waals surface area contributed by atoms with Crippen LogP contribution >= 0.6 is 0 Å². The third-order valence-corrected chi connectivity index (χ3v) is 5.42. The molecule has 2 rings (SSSR count). The molecule has 1 aliphatic carbocycles. The normalized spacial score (nSPS) is 11.9. The van der Waals surface area contributed by atoms with Crippen molar-refractivity contribution in [3.63, 3.8) is 0 Å². The summed E-state index contributed by atoms with van der Waals surface area (Å²) in [5.74, 6) is 1.47. The van der Waals surface area contributed by atoms with E-state index in [0.717, 1.165) is 17.4 Å². The molecule has 1 aliphatic rings. The molecule has 186 valence electrons. The van der Waals surface area contributed by atoms with E-state index in [0.29, 0.717) is 5.57 Å². The molecule has 2 nitrogen and oxygen atoms in total. The fourth-order valence-corrected chi connectivity index (χ4v) is 2.63. The molecular formula is C30H55NO. The molecule has 1 amide bonds.